The lowest BCUT2D eigenvalue weighted by atomic mass is 10.1. The Balaban J connectivity index is 1.56. The molecule has 0 amide bonds. The van der Waals surface area contributed by atoms with Gasteiger partial charge in [-0.3, -0.25) is 0 Å². The summed E-state index contributed by atoms with van der Waals surface area (Å²) in [6, 6.07) is 9.42. The Kier molecular flexibility index (Phi) is 5.71. The van der Waals surface area contributed by atoms with Crippen LogP contribution in [0.2, 0.25) is 0 Å². The number of ether oxygens (including phenoxy) is 1. The summed E-state index contributed by atoms with van der Waals surface area (Å²) >= 11 is 0. The summed E-state index contributed by atoms with van der Waals surface area (Å²) in [6.07, 6.45) is 8.15. The molecule has 0 bridgehead atoms. The van der Waals surface area contributed by atoms with Gasteiger partial charge >= 0.3 is 0 Å². The average Bonchev–Trinajstić information content (AvgIpc) is 3.19. The van der Waals surface area contributed by atoms with Gasteiger partial charge in [-0.05, 0) is 70.2 Å². The number of hydrogen-bond acceptors (Lipinski definition) is 2. The van der Waals surface area contributed by atoms with E-state index in [0.717, 1.165) is 11.8 Å². The molecule has 0 aliphatic heterocycles. The van der Waals surface area contributed by atoms with Crippen LogP contribution >= 0.6 is 0 Å². The topological polar surface area (TPSA) is 21.3 Å². The third-order valence-electron chi connectivity index (χ3n) is 3.45. The monoisotopic (exact) mass is 261 g/mol. The first kappa shape index (κ1) is 14.4. The van der Waals surface area contributed by atoms with Gasteiger partial charge in [0, 0.05) is 6.04 Å². The van der Waals surface area contributed by atoms with Crippen LogP contribution < -0.4 is 10.1 Å². The maximum atomic E-state index is 5.65. The van der Waals surface area contributed by atoms with Gasteiger partial charge < -0.3 is 10.1 Å². The molecule has 0 aromatic heterocycles. The maximum Gasteiger partial charge on any atom is 0.119 e. The van der Waals surface area contributed by atoms with Crippen molar-refractivity contribution in [2.75, 3.05) is 6.54 Å². The SMILES string of the molecule is CC(C)Oc1ccc(CCCCCNC2CC2)cc1. The fourth-order valence-electron chi connectivity index (χ4n) is 2.23. The van der Waals surface area contributed by atoms with E-state index < -0.39 is 0 Å². The molecule has 0 saturated heterocycles. The molecule has 1 aliphatic carbocycles. The molecule has 1 aliphatic rings. The van der Waals surface area contributed by atoms with Gasteiger partial charge in [0.15, 0.2) is 0 Å². The van der Waals surface area contributed by atoms with Gasteiger partial charge in [0.1, 0.15) is 5.75 Å². The second-order valence-electron chi connectivity index (χ2n) is 5.85. The van der Waals surface area contributed by atoms with Crippen LogP contribution in [-0.2, 0) is 6.42 Å². The van der Waals surface area contributed by atoms with Gasteiger partial charge in [0.05, 0.1) is 6.10 Å². The number of benzene rings is 1. The zero-order chi connectivity index (χ0) is 13.5. The van der Waals surface area contributed by atoms with E-state index in [1.165, 1.54) is 50.6 Å². The Morgan fingerprint density at radius 1 is 1.11 bits per heavy atom. The molecule has 1 saturated carbocycles. The van der Waals surface area contributed by atoms with E-state index in [1.54, 1.807) is 0 Å². The van der Waals surface area contributed by atoms with E-state index in [4.69, 9.17) is 4.74 Å². The highest BCUT2D eigenvalue weighted by Gasteiger charge is 2.19. The Bertz CT molecular complexity index is 354. The van der Waals surface area contributed by atoms with Crippen molar-refractivity contribution < 1.29 is 4.74 Å². The molecule has 0 atom stereocenters. The lowest BCUT2D eigenvalue weighted by molar-refractivity contribution is 0.242. The summed E-state index contributed by atoms with van der Waals surface area (Å²) in [5, 5.41) is 3.56. The molecular weight excluding hydrogens is 234 g/mol. The van der Waals surface area contributed by atoms with Gasteiger partial charge in [-0.1, -0.05) is 18.6 Å². The molecule has 1 fully saturated rings. The van der Waals surface area contributed by atoms with Gasteiger partial charge in [-0.2, -0.15) is 0 Å². The van der Waals surface area contributed by atoms with Crippen molar-refractivity contribution in [3.8, 4) is 5.75 Å². The third kappa shape index (κ3) is 6.11. The van der Waals surface area contributed by atoms with Crippen LogP contribution in [0.5, 0.6) is 5.75 Å². The van der Waals surface area contributed by atoms with Crippen molar-refractivity contribution >= 4 is 0 Å². The lowest BCUT2D eigenvalue weighted by Crippen LogP contribution is -2.17. The average molecular weight is 261 g/mol. The Labute approximate surface area is 117 Å². The molecule has 106 valence electrons. The zero-order valence-corrected chi connectivity index (χ0v) is 12.3. The molecule has 2 nitrogen and oxygen atoms in total. The van der Waals surface area contributed by atoms with Crippen LogP contribution in [0.15, 0.2) is 24.3 Å². The maximum absolute atomic E-state index is 5.65. The van der Waals surface area contributed by atoms with Crippen molar-refractivity contribution in [2.24, 2.45) is 0 Å². The van der Waals surface area contributed by atoms with Gasteiger partial charge in [-0.25, -0.2) is 0 Å². The molecule has 1 aromatic carbocycles. The summed E-state index contributed by atoms with van der Waals surface area (Å²) in [7, 11) is 0. The molecule has 19 heavy (non-hydrogen) atoms. The van der Waals surface area contributed by atoms with Gasteiger partial charge in [-0.15, -0.1) is 0 Å². The molecule has 1 N–H and O–H groups in total. The molecule has 2 rings (SSSR count). The van der Waals surface area contributed by atoms with E-state index >= 15 is 0 Å². The Morgan fingerprint density at radius 3 is 2.47 bits per heavy atom. The van der Waals surface area contributed by atoms with E-state index in [2.05, 4.69) is 43.4 Å². The predicted octanol–water partition coefficient (Wildman–Crippen LogP) is 3.94. The van der Waals surface area contributed by atoms with E-state index in [0.29, 0.717) is 0 Å². The fourth-order valence-corrected chi connectivity index (χ4v) is 2.23. The van der Waals surface area contributed by atoms with Crippen molar-refractivity contribution in [3.05, 3.63) is 29.8 Å². The van der Waals surface area contributed by atoms with Crippen LogP contribution in [0, 0.1) is 0 Å². The van der Waals surface area contributed by atoms with Crippen LogP contribution in [0.4, 0.5) is 0 Å². The normalized spacial score (nSPS) is 14.9. The van der Waals surface area contributed by atoms with Crippen LogP contribution in [0.1, 0.15) is 51.5 Å². The molecule has 2 heteroatoms. The highest BCUT2D eigenvalue weighted by atomic mass is 16.5. The summed E-state index contributed by atoms with van der Waals surface area (Å²) in [6.45, 7) is 5.32. The minimum Gasteiger partial charge on any atom is -0.491 e. The van der Waals surface area contributed by atoms with E-state index in [-0.39, 0.29) is 6.10 Å². The van der Waals surface area contributed by atoms with Crippen molar-refractivity contribution in [2.45, 2.75) is 64.5 Å². The molecule has 0 unspecified atom stereocenters. The zero-order valence-electron chi connectivity index (χ0n) is 12.3. The number of rotatable bonds is 9. The van der Waals surface area contributed by atoms with Crippen molar-refractivity contribution in [1.29, 1.82) is 0 Å². The summed E-state index contributed by atoms with van der Waals surface area (Å²) in [5.74, 6) is 0.979. The highest BCUT2D eigenvalue weighted by molar-refractivity contribution is 5.27. The first-order valence-corrected chi connectivity index (χ1v) is 7.73. The van der Waals surface area contributed by atoms with Crippen molar-refractivity contribution in [3.63, 3.8) is 0 Å². The number of hydrogen-bond donors (Lipinski definition) is 1. The second-order valence-corrected chi connectivity index (χ2v) is 5.85. The summed E-state index contributed by atoms with van der Waals surface area (Å²) in [4.78, 5) is 0. The van der Waals surface area contributed by atoms with Crippen molar-refractivity contribution in [1.82, 2.24) is 5.32 Å². The van der Waals surface area contributed by atoms with Gasteiger partial charge in [0.25, 0.3) is 0 Å². The van der Waals surface area contributed by atoms with E-state index in [9.17, 15) is 0 Å². The smallest absolute Gasteiger partial charge is 0.119 e. The quantitative estimate of drug-likeness (QED) is 0.680. The third-order valence-corrected chi connectivity index (χ3v) is 3.45. The molecule has 0 radical (unpaired) electrons. The highest BCUT2D eigenvalue weighted by Crippen LogP contribution is 2.18. The van der Waals surface area contributed by atoms with E-state index in [1.807, 2.05) is 0 Å². The number of aryl methyl sites for hydroxylation is 1. The molecule has 1 aromatic rings. The predicted molar refractivity (Wildman–Crippen MR) is 80.8 cm³/mol. The molecular formula is C17H27NO. The van der Waals surface area contributed by atoms with Crippen LogP contribution in [0.25, 0.3) is 0 Å². The summed E-state index contributed by atoms with van der Waals surface area (Å²) in [5.41, 5.74) is 1.42. The first-order valence-electron chi connectivity index (χ1n) is 7.73. The first-order chi connectivity index (χ1) is 9.24. The Hall–Kier alpha value is -1.02. The standard InChI is InChI=1S/C17H27NO/c1-14(2)19-17-11-7-15(8-12-17)6-4-3-5-13-18-16-9-10-16/h7-8,11-12,14,16,18H,3-6,9-10,13H2,1-2H3. The minimum absolute atomic E-state index is 0.254. The number of unbranched alkanes of at least 4 members (excludes halogenated alkanes) is 2. The van der Waals surface area contributed by atoms with Gasteiger partial charge in [0.2, 0.25) is 0 Å². The summed E-state index contributed by atoms with van der Waals surface area (Å²) < 4.78 is 5.65. The molecule has 0 heterocycles. The second kappa shape index (κ2) is 7.54. The lowest BCUT2D eigenvalue weighted by Gasteiger charge is -2.10. The number of nitrogens with one attached hydrogen (secondary N) is 1. The van der Waals surface area contributed by atoms with Crippen LogP contribution in [0.3, 0.4) is 0 Å². The molecule has 0 spiro atoms. The largest absolute Gasteiger partial charge is 0.491 e. The Morgan fingerprint density at radius 2 is 1.84 bits per heavy atom. The minimum atomic E-state index is 0.254. The van der Waals surface area contributed by atoms with Crippen LogP contribution in [-0.4, -0.2) is 18.7 Å². The fraction of sp³-hybridized carbons (Fsp3) is 0.647.